The van der Waals surface area contributed by atoms with E-state index in [1.54, 1.807) is 37.3 Å². The molecule has 2 aromatic rings. The minimum atomic E-state index is -3.63. The zero-order chi connectivity index (χ0) is 28.0. The molecule has 2 amide bonds. The van der Waals surface area contributed by atoms with Crippen molar-refractivity contribution in [3.8, 4) is 0 Å². The number of carbonyl (C=O) groups is 2. The van der Waals surface area contributed by atoms with Gasteiger partial charge in [-0.1, -0.05) is 36.7 Å². The number of sulfonamides is 1. The van der Waals surface area contributed by atoms with Gasteiger partial charge in [0.25, 0.3) is 0 Å². The molecule has 0 saturated carbocycles. The molecular formula is C27H37ClFN3O4S. The highest BCUT2D eigenvalue weighted by Crippen LogP contribution is 2.28. The van der Waals surface area contributed by atoms with Crippen molar-refractivity contribution in [1.82, 2.24) is 10.2 Å². The van der Waals surface area contributed by atoms with E-state index in [1.165, 1.54) is 21.3 Å². The van der Waals surface area contributed by atoms with Crippen LogP contribution in [0.4, 0.5) is 10.1 Å². The molecule has 0 heterocycles. The summed E-state index contributed by atoms with van der Waals surface area (Å²) in [6.07, 6.45) is 1.74. The Morgan fingerprint density at radius 1 is 1.11 bits per heavy atom. The van der Waals surface area contributed by atoms with Gasteiger partial charge < -0.3 is 10.2 Å². The number of benzene rings is 2. The molecule has 0 aliphatic carbocycles. The SMILES string of the molecule is CC[C@@H](C(=O)NC(C)(C)C)N(Cc1ccc(F)cc1)C(=O)CCCN(c1cccc(Cl)c1C)S(C)(=O)=O. The fraction of sp³-hybridized carbons (Fsp3) is 0.481. The van der Waals surface area contributed by atoms with E-state index in [9.17, 15) is 22.4 Å². The largest absolute Gasteiger partial charge is 0.350 e. The van der Waals surface area contributed by atoms with Gasteiger partial charge in [0, 0.05) is 30.1 Å². The molecule has 0 aromatic heterocycles. The lowest BCUT2D eigenvalue weighted by molar-refractivity contribution is -0.142. The average Bonchev–Trinajstić information content (AvgIpc) is 2.78. The number of halogens is 2. The fourth-order valence-electron chi connectivity index (χ4n) is 4.01. The molecule has 2 aromatic carbocycles. The van der Waals surface area contributed by atoms with E-state index < -0.39 is 27.4 Å². The molecule has 7 nitrogen and oxygen atoms in total. The van der Waals surface area contributed by atoms with E-state index in [0.29, 0.717) is 28.3 Å². The maximum Gasteiger partial charge on any atom is 0.243 e. The van der Waals surface area contributed by atoms with Gasteiger partial charge in [-0.05, 0) is 75.9 Å². The summed E-state index contributed by atoms with van der Waals surface area (Å²) in [7, 11) is -3.63. The van der Waals surface area contributed by atoms with Crippen LogP contribution in [0.5, 0.6) is 0 Å². The van der Waals surface area contributed by atoms with Crippen LogP contribution in [-0.2, 0) is 26.2 Å². The summed E-state index contributed by atoms with van der Waals surface area (Å²) < 4.78 is 39.8. The van der Waals surface area contributed by atoms with Crippen molar-refractivity contribution in [1.29, 1.82) is 0 Å². The molecule has 1 N–H and O–H groups in total. The Morgan fingerprint density at radius 2 is 1.73 bits per heavy atom. The average molecular weight is 554 g/mol. The lowest BCUT2D eigenvalue weighted by Gasteiger charge is -2.33. The first kappa shape index (κ1) is 30.6. The van der Waals surface area contributed by atoms with E-state index in [-0.39, 0.29) is 37.7 Å². The Kier molecular flexibility index (Phi) is 10.5. The van der Waals surface area contributed by atoms with Gasteiger partial charge in [0.05, 0.1) is 11.9 Å². The number of rotatable bonds is 11. The summed E-state index contributed by atoms with van der Waals surface area (Å²) in [5, 5.41) is 3.38. The van der Waals surface area contributed by atoms with E-state index in [0.717, 1.165) is 6.26 Å². The fourth-order valence-corrected chi connectivity index (χ4v) is 5.19. The van der Waals surface area contributed by atoms with Crippen LogP contribution in [0.2, 0.25) is 5.02 Å². The van der Waals surface area contributed by atoms with Gasteiger partial charge in [0.2, 0.25) is 21.8 Å². The molecule has 0 saturated heterocycles. The molecule has 0 spiro atoms. The summed E-state index contributed by atoms with van der Waals surface area (Å²) in [5.74, 6) is -0.967. The van der Waals surface area contributed by atoms with Crippen molar-refractivity contribution in [2.45, 2.75) is 72.0 Å². The summed E-state index contributed by atoms with van der Waals surface area (Å²) in [4.78, 5) is 28.0. The summed E-state index contributed by atoms with van der Waals surface area (Å²) >= 11 is 6.20. The third-order valence-electron chi connectivity index (χ3n) is 5.81. The normalized spacial score (nSPS) is 12.6. The van der Waals surface area contributed by atoms with Crippen LogP contribution in [0, 0.1) is 12.7 Å². The molecule has 0 bridgehead atoms. The van der Waals surface area contributed by atoms with Gasteiger partial charge in [-0.15, -0.1) is 0 Å². The van der Waals surface area contributed by atoms with Crippen LogP contribution in [0.1, 0.15) is 58.1 Å². The highest BCUT2D eigenvalue weighted by molar-refractivity contribution is 7.92. The molecule has 1 atom stereocenters. The third-order valence-corrected chi connectivity index (χ3v) is 7.40. The minimum Gasteiger partial charge on any atom is -0.350 e. The van der Waals surface area contributed by atoms with E-state index in [4.69, 9.17) is 11.6 Å². The van der Waals surface area contributed by atoms with Gasteiger partial charge in [-0.2, -0.15) is 0 Å². The van der Waals surface area contributed by atoms with Crippen LogP contribution in [0.25, 0.3) is 0 Å². The lowest BCUT2D eigenvalue weighted by atomic mass is 10.0. The Hall–Kier alpha value is -2.65. The number of nitrogens with zero attached hydrogens (tertiary/aromatic N) is 2. The van der Waals surface area contributed by atoms with Gasteiger partial charge >= 0.3 is 0 Å². The van der Waals surface area contributed by atoms with Crippen molar-refractivity contribution in [3.05, 3.63) is 64.4 Å². The molecule has 2 rings (SSSR count). The zero-order valence-corrected chi connectivity index (χ0v) is 23.9. The monoisotopic (exact) mass is 553 g/mol. The standard InChI is InChI=1S/C27H37ClFN3O4S/c1-7-23(26(34)30-27(3,4)5)31(18-20-13-15-21(29)16-14-20)25(33)12-9-17-32(37(6,35)36)24-11-8-10-22(28)19(24)2/h8,10-11,13-16,23H,7,9,12,17-18H2,1-6H3,(H,30,34)/t23-/m0/s1. The van der Waals surface area contributed by atoms with Gasteiger partial charge in [-0.25, -0.2) is 12.8 Å². The first-order valence-corrected chi connectivity index (χ1v) is 14.5. The predicted octanol–water partition coefficient (Wildman–Crippen LogP) is 5.06. The second kappa shape index (κ2) is 12.7. The Morgan fingerprint density at radius 3 is 2.27 bits per heavy atom. The van der Waals surface area contributed by atoms with Crippen molar-refractivity contribution in [2.75, 3.05) is 17.1 Å². The van der Waals surface area contributed by atoms with Crippen LogP contribution in [-0.4, -0.2) is 49.5 Å². The van der Waals surface area contributed by atoms with Crippen LogP contribution >= 0.6 is 11.6 Å². The van der Waals surface area contributed by atoms with Gasteiger partial charge in [0.15, 0.2) is 0 Å². The first-order valence-electron chi connectivity index (χ1n) is 12.2. The van der Waals surface area contributed by atoms with E-state index >= 15 is 0 Å². The number of amides is 2. The maximum atomic E-state index is 13.5. The second-order valence-corrected chi connectivity index (χ2v) is 12.4. The third kappa shape index (κ3) is 9.00. The zero-order valence-electron chi connectivity index (χ0n) is 22.3. The van der Waals surface area contributed by atoms with E-state index in [1.807, 2.05) is 27.7 Å². The molecule has 0 aliphatic heterocycles. The van der Waals surface area contributed by atoms with E-state index in [2.05, 4.69) is 5.32 Å². The highest BCUT2D eigenvalue weighted by Gasteiger charge is 2.31. The van der Waals surface area contributed by atoms with Crippen molar-refractivity contribution in [2.24, 2.45) is 0 Å². The minimum absolute atomic E-state index is 0.0200. The Labute approximate surface area is 225 Å². The number of carbonyl (C=O) groups excluding carboxylic acids is 2. The van der Waals surface area contributed by atoms with Crippen molar-refractivity contribution < 1.29 is 22.4 Å². The molecule has 0 radical (unpaired) electrons. The summed E-state index contributed by atoms with van der Waals surface area (Å²) in [6.45, 7) is 9.35. The van der Waals surface area contributed by atoms with Crippen LogP contribution in [0.15, 0.2) is 42.5 Å². The highest BCUT2D eigenvalue weighted by atomic mass is 35.5. The van der Waals surface area contributed by atoms with Gasteiger partial charge in [-0.3, -0.25) is 13.9 Å². The van der Waals surface area contributed by atoms with Crippen LogP contribution in [0.3, 0.4) is 0 Å². The van der Waals surface area contributed by atoms with Crippen molar-refractivity contribution >= 4 is 39.1 Å². The molecule has 10 heteroatoms. The Bertz CT molecular complexity index is 1200. The number of hydrogen-bond acceptors (Lipinski definition) is 4. The molecule has 0 aliphatic rings. The maximum absolute atomic E-state index is 13.5. The second-order valence-electron chi connectivity index (χ2n) is 10.1. The Balaban J connectivity index is 2.27. The number of hydrogen-bond donors (Lipinski definition) is 1. The predicted molar refractivity (Wildman–Crippen MR) is 147 cm³/mol. The summed E-state index contributed by atoms with van der Waals surface area (Å²) in [6, 6.07) is 10.1. The lowest BCUT2D eigenvalue weighted by Crippen LogP contribution is -2.53. The molecule has 37 heavy (non-hydrogen) atoms. The summed E-state index contributed by atoms with van der Waals surface area (Å²) in [5.41, 5.74) is 1.29. The number of anilines is 1. The first-order chi connectivity index (χ1) is 17.1. The molecular weight excluding hydrogens is 517 g/mol. The molecule has 0 unspecified atom stereocenters. The smallest absolute Gasteiger partial charge is 0.243 e. The topological polar surface area (TPSA) is 86.8 Å². The number of nitrogens with one attached hydrogen (secondary N) is 1. The molecule has 204 valence electrons. The quantitative estimate of drug-likeness (QED) is 0.421. The van der Waals surface area contributed by atoms with Gasteiger partial charge in [0.1, 0.15) is 11.9 Å². The van der Waals surface area contributed by atoms with Crippen LogP contribution < -0.4 is 9.62 Å². The van der Waals surface area contributed by atoms with Crippen molar-refractivity contribution in [3.63, 3.8) is 0 Å². The molecule has 0 fully saturated rings.